The Morgan fingerprint density at radius 1 is 1.07 bits per heavy atom. The van der Waals surface area contributed by atoms with Crippen LogP contribution in [0, 0.1) is 6.92 Å². The summed E-state index contributed by atoms with van der Waals surface area (Å²) in [7, 11) is 0. The summed E-state index contributed by atoms with van der Waals surface area (Å²) in [6.45, 7) is 3.84. The van der Waals surface area contributed by atoms with Gasteiger partial charge in [0.05, 0.1) is 33.4 Å². The standard InChI is InChI=1S/C19H14Cl2F3N5/c1-9-3-4-13(25-5-9)10(2)29-8-11(15-16(21)12(20)6-27-18(15)29)17-26-7-14(28-17)19(22,23)24/h3-8,10H,1-2H3,(H,26,28). The van der Waals surface area contributed by atoms with Gasteiger partial charge in [-0.3, -0.25) is 4.98 Å². The first-order valence-electron chi connectivity index (χ1n) is 8.56. The molecule has 0 radical (unpaired) electrons. The molecular formula is C19H14Cl2F3N5. The molecule has 4 rings (SSSR count). The van der Waals surface area contributed by atoms with Gasteiger partial charge in [-0.15, -0.1) is 0 Å². The Morgan fingerprint density at radius 2 is 1.83 bits per heavy atom. The predicted molar refractivity (Wildman–Crippen MR) is 105 cm³/mol. The Hall–Kier alpha value is -2.58. The van der Waals surface area contributed by atoms with Crippen LogP contribution in [0.3, 0.4) is 0 Å². The van der Waals surface area contributed by atoms with Crippen molar-refractivity contribution in [1.29, 1.82) is 0 Å². The van der Waals surface area contributed by atoms with E-state index in [1.165, 1.54) is 6.20 Å². The number of nitrogens with one attached hydrogen (secondary N) is 1. The van der Waals surface area contributed by atoms with Crippen molar-refractivity contribution in [3.05, 3.63) is 63.9 Å². The van der Waals surface area contributed by atoms with Crippen molar-refractivity contribution in [2.24, 2.45) is 0 Å². The molecule has 5 nitrogen and oxygen atoms in total. The van der Waals surface area contributed by atoms with Gasteiger partial charge < -0.3 is 9.55 Å². The lowest BCUT2D eigenvalue weighted by molar-refractivity contribution is -0.140. The first-order valence-corrected chi connectivity index (χ1v) is 9.32. The van der Waals surface area contributed by atoms with Gasteiger partial charge in [0, 0.05) is 24.2 Å². The van der Waals surface area contributed by atoms with E-state index < -0.39 is 11.9 Å². The lowest BCUT2D eigenvalue weighted by atomic mass is 10.2. The van der Waals surface area contributed by atoms with Gasteiger partial charge in [-0.25, -0.2) is 9.97 Å². The zero-order chi connectivity index (χ0) is 20.9. The summed E-state index contributed by atoms with van der Waals surface area (Å²) >= 11 is 12.5. The number of nitrogens with zero attached hydrogens (tertiary/aromatic N) is 4. The lowest BCUT2D eigenvalue weighted by Crippen LogP contribution is -2.08. The Bertz CT molecular complexity index is 1200. The monoisotopic (exact) mass is 439 g/mol. The second-order valence-corrected chi connectivity index (χ2v) is 7.43. The van der Waals surface area contributed by atoms with Crippen molar-refractivity contribution in [2.45, 2.75) is 26.1 Å². The van der Waals surface area contributed by atoms with Crippen molar-refractivity contribution in [2.75, 3.05) is 0 Å². The second kappa shape index (κ2) is 7.03. The van der Waals surface area contributed by atoms with Crippen LogP contribution in [-0.4, -0.2) is 24.5 Å². The van der Waals surface area contributed by atoms with E-state index in [2.05, 4.69) is 19.9 Å². The molecular weight excluding hydrogens is 426 g/mol. The molecule has 4 aromatic heterocycles. The minimum Gasteiger partial charge on any atom is -0.334 e. The maximum atomic E-state index is 13.0. The van der Waals surface area contributed by atoms with Crippen LogP contribution in [0.1, 0.15) is 29.9 Å². The molecule has 1 unspecified atom stereocenters. The summed E-state index contributed by atoms with van der Waals surface area (Å²) in [6.07, 6.45) is 1.02. The van der Waals surface area contributed by atoms with E-state index in [1.54, 1.807) is 17.0 Å². The molecule has 0 spiro atoms. The zero-order valence-electron chi connectivity index (χ0n) is 15.2. The number of halogens is 5. The Kier molecular flexibility index (Phi) is 4.78. The van der Waals surface area contributed by atoms with Crippen LogP contribution in [-0.2, 0) is 6.18 Å². The van der Waals surface area contributed by atoms with E-state index in [-0.39, 0.29) is 21.9 Å². The molecule has 0 aliphatic carbocycles. The normalized spacial score (nSPS) is 13.2. The average molecular weight is 440 g/mol. The van der Waals surface area contributed by atoms with Crippen molar-refractivity contribution in [1.82, 2.24) is 24.5 Å². The summed E-state index contributed by atoms with van der Waals surface area (Å²) in [5.74, 6) is 0.0242. The van der Waals surface area contributed by atoms with E-state index in [0.29, 0.717) is 16.6 Å². The molecule has 4 aromatic rings. The van der Waals surface area contributed by atoms with E-state index in [1.807, 2.05) is 26.0 Å². The highest BCUT2D eigenvalue weighted by molar-refractivity contribution is 6.45. The molecule has 0 bridgehead atoms. The smallest absolute Gasteiger partial charge is 0.334 e. The van der Waals surface area contributed by atoms with E-state index in [0.717, 1.165) is 17.5 Å². The van der Waals surface area contributed by atoms with Crippen LogP contribution in [0.2, 0.25) is 10.0 Å². The number of alkyl halides is 3. The molecule has 0 aliphatic rings. The number of aromatic amines is 1. The quantitative estimate of drug-likeness (QED) is 0.421. The molecule has 0 aromatic carbocycles. The van der Waals surface area contributed by atoms with Gasteiger partial charge in [-0.2, -0.15) is 13.2 Å². The maximum Gasteiger partial charge on any atom is 0.432 e. The molecule has 0 saturated carbocycles. The van der Waals surface area contributed by atoms with E-state index in [9.17, 15) is 13.2 Å². The molecule has 0 amide bonds. The zero-order valence-corrected chi connectivity index (χ0v) is 16.7. The third-order valence-electron chi connectivity index (χ3n) is 4.65. The highest BCUT2D eigenvalue weighted by Gasteiger charge is 2.33. The average Bonchev–Trinajstić information content (AvgIpc) is 3.29. The molecule has 0 fully saturated rings. The van der Waals surface area contributed by atoms with Crippen molar-refractivity contribution >= 4 is 34.2 Å². The van der Waals surface area contributed by atoms with Crippen LogP contribution in [0.25, 0.3) is 22.4 Å². The van der Waals surface area contributed by atoms with Crippen LogP contribution in [0.15, 0.2) is 36.9 Å². The number of aromatic nitrogens is 5. The number of pyridine rings is 2. The molecule has 0 aliphatic heterocycles. The van der Waals surface area contributed by atoms with Crippen LogP contribution in [0.5, 0.6) is 0 Å². The second-order valence-electron chi connectivity index (χ2n) is 6.65. The first-order chi connectivity index (χ1) is 13.7. The first kappa shape index (κ1) is 19.7. The van der Waals surface area contributed by atoms with Gasteiger partial charge in [-0.05, 0) is 25.5 Å². The van der Waals surface area contributed by atoms with Gasteiger partial charge in [0.1, 0.15) is 17.2 Å². The van der Waals surface area contributed by atoms with Crippen LogP contribution < -0.4 is 0 Å². The van der Waals surface area contributed by atoms with Crippen LogP contribution >= 0.6 is 23.2 Å². The molecule has 10 heteroatoms. The molecule has 29 heavy (non-hydrogen) atoms. The van der Waals surface area contributed by atoms with E-state index >= 15 is 0 Å². The largest absolute Gasteiger partial charge is 0.432 e. The number of aryl methyl sites for hydroxylation is 1. The number of hydrogen-bond donors (Lipinski definition) is 1. The molecule has 1 atom stereocenters. The van der Waals surface area contributed by atoms with Gasteiger partial charge in [-0.1, -0.05) is 29.3 Å². The van der Waals surface area contributed by atoms with E-state index in [4.69, 9.17) is 23.2 Å². The predicted octanol–water partition coefficient (Wildman–Crippen LogP) is 6.06. The van der Waals surface area contributed by atoms with Gasteiger partial charge in [0.25, 0.3) is 0 Å². The maximum absolute atomic E-state index is 13.0. The summed E-state index contributed by atoms with van der Waals surface area (Å²) in [6, 6.07) is 3.57. The summed E-state index contributed by atoms with van der Waals surface area (Å²) in [5, 5.41) is 0.808. The highest BCUT2D eigenvalue weighted by atomic mass is 35.5. The van der Waals surface area contributed by atoms with Crippen molar-refractivity contribution < 1.29 is 13.2 Å². The van der Waals surface area contributed by atoms with Crippen molar-refractivity contribution in [3.8, 4) is 11.4 Å². The molecule has 150 valence electrons. The Labute approximate surface area is 173 Å². The van der Waals surface area contributed by atoms with Crippen LogP contribution in [0.4, 0.5) is 13.2 Å². The number of fused-ring (bicyclic) bond motifs is 1. The fourth-order valence-corrected chi connectivity index (χ4v) is 3.48. The van der Waals surface area contributed by atoms with Gasteiger partial charge in [0.2, 0.25) is 0 Å². The Morgan fingerprint density at radius 3 is 2.45 bits per heavy atom. The molecule has 0 saturated heterocycles. The fourth-order valence-electron chi connectivity index (χ4n) is 3.10. The number of H-pyrrole nitrogens is 1. The SMILES string of the molecule is Cc1ccc(C(C)n2cc(-c3ncc(C(F)(F)F)[nH]3)c3c(Cl)c(Cl)cnc32)nc1. The number of hydrogen-bond acceptors (Lipinski definition) is 3. The summed E-state index contributed by atoms with van der Waals surface area (Å²) in [5.41, 5.74) is 1.67. The summed E-state index contributed by atoms with van der Waals surface area (Å²) < 4.78 is 40.8. The molecule has 1 N–H and O–H groups in total. The number of imidazole rings is 1. The lowest BCUT2D eigenvalue weighted by Gasteiger charge is -2.14. The minimum atomic E-state index is -4.54. The molecule has 4 heterocycles. The summed E-state index contributed by atoms with van der Waals surface area (Å²) in [4.78, 5) is 15.0. The van der Waals surface area contributed by atoms with Crippen molar-refractivity contribution in [3.63, 3.8) is 0 Å². The number of rotatable bonds is 3. The Balaban J connectivity index is 1.92. The van der Waals surface area contributed by atoms with Gasteiger partial charge in [0.15, 0.2) is 0 Å². The fraction of sp³-hybridized carbons (Fsp3) is 0.211. The third-order valence-corrected chi connectivity index (χ3v) is 5.43. The highest BCUT2D eigenvalue weighted by Crippen LogP contribution is 2.39. The third kappa shape index (κ3) is 3.47. The minimum absolute atomic E-state index is 0.0242. The topological polar surface area (TPSA) is 59.4 Å². The van der Waals surface area contributed by atoms with Gasteiger partial charge >= 0.3 is 6.18 Å².